The normalized spacial score (nSPS) is 10.1. The van der Waals surface area contributed by atoms with Crippen LogP contribution in [0.25, 0.3) is 0 Å². The lowest BCUT2D eigenvalue weighted by Crippen LogP contribution is -2.35. The van der Waals surface area contributed by atoms with Gasteiger partial charge in [0, 0.05) is 6.04 Å². The summed E-state index contributed by atoms with van der Waals surface area (Å²) in [5, 5.41) is 5.50. The van der Waals surface area contributed by atoms with Crippen molar-refractivity contribution in [3.8, 4) is 12.0 Å². The summed E-state index contributed by atoms with van der Waals surface area (Å²) in [6.45, 7) is 3.83. The second kappa shape index (κ2) is 6.58. The summed E-state index contributed by atoms with van der Waals surface area (Å²) in [5.41, 5.74) is 0. The fourth-order valence-corrected chi connectivity index (χ4v) is 1.13. The maximum atomic E-state index is 11.4. The molecule has 1 aromatic rings. The van der Waals surface area contributed by atoms with Gasteiger partial charge in [-0.15, -0.1) is 4.98 Å². The summed E-state index contributed by atoms with van der Waals surface area (Å²) in [7, 11) is 2.87. The quantitative estimate of drug-likeness (QED) is 0.727. The first kappa shape index (κ1) is 13.9. The van der Waals surface area contributed by atoms with E-state index in [1.54, 1.807) is 0 Å². The van der Waals surface area contributed by atoms with E-state index in [4.69, 9.17) is 9.47 Å². The highest BCUT2D eigenvalue weighted by atomic mass is 16.5. The SMILES string of the molecule is COc1nc(NCC(=O)NC(C)C)nc(OC)n1. The molecule has 0 saturated heterocycles. The molecule has 0 aliphatic heterocycles. The highest BCUT2D eigenvalue weighted by Gasteiger charge is 2.08. The molecular formula is C10H17N5O3. The van der Waals surface area contributed by atoms with Gasteiger partial charge in [-0.3, -0.25) is 4.79 Å². The van der Waals surface area contributed by atoms with Crippen LogP contribution in [-0.2, 0) is 4.79 Å². The van der Waals surface area contributed by atoms with Crippen LogP contribution in [0.2, 0.25) is 0 Å². The minimum absolute atomic E-state index is 0.0640. The molecule has 8 heteroatoms. The Balaban J connectivity index is 2.63. The molecule has 1 amide bonds. The predicted molar refractivity (Wildman–Crippen MR) is 64.7 cm³/mol. The van der Waals surface area contributed by atoms with Crippen LogP contribution in [0.4, 0.5) is 5.95 Å². The predicted octanol–water partition coefficient (Wildman–Crippen LogP) is -0.175. The van der Waals surface area contributed by atoms with Crippen molar-refractivity contribution in [3.05, 3.63) is 0 Å². The van der Waals surface area contributed by atoms with E-state index >= 15 is 0 Å². The highest BCUT2D eigenvalue weighted by Crippen LogP contribution is 2.11. The monoisotopic (exact) mass is 255 g/mol. The Morgan fingerprint density at radius 2 is 1.72 bits per heavy atom. The van der Waals surface area contributed by atoms with Crippen molar-refractivity contribution in [3.63, 3.8) is 0 Å². The Kier molecular flexibility index (Phi) is 5.09. The first-order valence-corrected chi connectivity index (χ1v) is 5.42. The zero-order valence-corrected chi connectivity index (χ0v) is 10.9. The Bertz CT molecular complexity index is 388. The number of carbonyl (C=O) groups excluding carboxylic acids is 1. The zero-order valence-electron chi connectivity index (χ0n) is 10.9. The average molecular weight is 255 g/mol. The van der Waals surface area contributed by atoms with E-state index in [1.165, 1.54) is 14.2 Å². The summed E-state index contributed by atoms with van der Waals surface area (Å²) in [5.74, 6) is 0.0703. The van der Waals surface area contributed by atoms with Gasteiger partial charge in [0.05, 0.1) is 20.8 Å². The van der Waals surface area contributed by atoms with E-state index in [0.717, 1.165) is 0 Å². The molecule has 1 rings (SSSR count). The van der Waals surface area contributed by atoms with Gasteiger partial charge in [0.25, 0.3) is 0 Å². The molecule has 0 unspecified atom stereocenters. The standard InChI is InChI=1S/C10H17N5O3/c1-6(2)12-7(16)5-11-8-13-9(17-3)15-10(14-8)18-4/h6H,5H2,1-4H3,(H,12,16)(H,11,13,14,15). The summed E-state index contributed by atoms with van der Waals surface area (Å²) < 4.78 is 9.77. The van der Waals surface area contributed by atoms with Crippen LogP contribution in [0.15, 0.2) is 0 Å². The van der Waals surface area contributed by atoms with Gasteiger partial charge < -0.3 is 20.1 Å². The molecule has 0 aliphatic carbocycles. The number of hydrogen-bond donors (Lipinski definition) is 2. The van der Waals surface area contributed by atoms with E-state index in [1.807, 2.05) is 13.8 Å². The van der Waals surface area contributed by atoms with Crippen LogP contribution in [0.3, 0.4) is 0 Å². The number of nitrogens with one attached hydrogen (secondary N) is 2. The third-order valence-corrected chi connectivity index (χ3v) is 1.82. The smallest absolute Gasteiger partial charge is 0.324 e. The number of nitrogens with zero attached hydrogens (tertiary/aromatic N) is 3. The molecular weight excluding hydrogens is 238 g/mol. The molecule has 0 saturated carbocycles. The molecule has 1 aromatic heterocycles. The topological polar surface area (TPSA) is 98.3 Å². The number of carbonyl (C=O) groups is 1. The molecule has 0 atom stereocenters. The number of amides is 1. The molecule has 0 radical (unpaired) electrons. The number of hydrogen-bond acceptors (Lipinski definition) is 7. The van der Waals surface area contributed by atoms with Crippen molar-refractivity contribution in [2.45, 2.75) is 19.9 Å². The minimum Gasteiger partial charge on any atom is -0.467 e. The van der Waals surface area contributed by atoms with E-state index < -0.39 is 0 Å². The molecule has 0 bridgehead atoms. The van der Waals surface area contributed by atoms with E-state index in [-0.39, 0.29) is 36.5 Å². The van der Waals surface area contributed by atoms with Gasteiger partial charge in [-0.05, 0) is 13.8 Å². The maximum absolute atomic E-state index is 11.4. The first-order valence-electron chi connectivity index (χ1n) is 5.42. The van der Waals surface area contributed by atoms with Crippen LogP contribution >= 0.6 is 0 Å². The summed E-state index contributed by atoms with van der Waals surface area (Å²) >= 11 is 0. The molecule has 1 heterocycles. The lowest BCUT2D eigenvalue weighted by Gasteiger charge is -2.09. The molecule has 8 nitrogen and oxygen atoms in total. The molecule has 2 N–H and O–H groups in total. The average Bonchev–Trinajstić information content (AvgIpc) is 2.35. The van der Waals surface area contributed by atoms with Gasteiger partial charge >= 0.3 is 12.0 Å². The third-order valence-electron chi connectivity index (χ3n) is 1.82. The third kappa shape index (κ3) is 4.40. The number of ether oxygens (including phenoxy) is 2. The van der Waals surface area contributed by atoms with Crippen molar-refractivity contribution in [2.75, 3.05) is 26.1 Å². The Labute approximate surface area is 105 Å². The van der Waals surface area contributed by atoms with Crippen LogP contribution in [0.5, 0.6) is 12.0 Å². The van der Waals surface area contributed by atoms with E-state index in [9.17, 15) is 4.79 Å². The summed E-state index contributed by atoms with van der Waals surface area (Å²) in [4.78, 5) is 23.1. The maximum Gasteiger partial charge on any atom is 0.324 e. The molecule has 0 spiro atoms. The van der Waals surface area contributed by atoms with Gasteiger partial charge in [-0.2, -0.15) is 9.97 Å². The van der Waals surface area contributed by atoms with Gasteiger partial charge in [0.15, 0.2) is 0 Å². The van der Waals surface area contributed by atoms with Gasteiger partial charge in [-0.1, -0.05) is 0 Å². The van der Waals surface area contributed by atoms with Crippen molar-refractivity contribution >= 4 is 11.9 Å². The lowest BCUT2D eigenvalue weighted by atomic mass is 10.4. The Hall–Kier alpha value is -2.12. The zero-order chi connectivity index (χ0) is 13.5. The Morgan fingerprint density at radius 1 is 1.17 bits per heavy atom. The van der Waals surface area contributed by atoms with Crippen molar-refractivity contribution < 1.29 is 14.3 Å². The van der Waals surface area contributed by atoms with Crippen LogP contribution in [0.1, 0.15) is 13.8 Å². The second-order valence-corrected chi connectivity index (χ2v) is 3.71. The molecule has 0 aromatic carbocycles. The molecule has 0 fully saturated rings. The van der Waals surface area contributed by atoms with Crippen LogP contribution < -0.4 is 20.1 Å². The lowest BCUT2D eigenvalue weighted by molar-refractivity contribution is -0.119. The number of anilines is 1. The fourth-order valence-electron chi connectivity index (χ4n) is 1.13. The van der Waals surface area contributed by atoms with Gasteiger partial charge in [0.1, 0.15) is 0 Å². The summed E-state index contributed by atoms with van der Waals surface area (Å²) in [6, 6.07) is 0.323. The number of aromatic nitrogens is 3. The van der Waals surface area contributed by atoms with E-state index in [2.05, 4.69) is 25.6 Å². The van der Waals surface area contributed by atoms with Gasteiger partial charge in [-0.25, -0.2) is 0 Å². The number of rotatable bonds is 6. The number of methoxy groups -OCH3 is 2. The fraction of sp³-hybridized carbons (Fsp3) is 0.600. The minimum atomic E-state index is -0.150. The molecule has 0 aliphatic rings. The van der Waals surface area contributed by atoms with Crippen LogP contribution in [-0.4, -0.2) is 47.7 Å². The largest absolute Gasteiger partial charge is 0.467 e. The van der Waals surface area contributed by atoms with Crippen molar-refractivity contribution in [1.29, 1.82) is 0 Å². The second-order valence-electron chi connectivity index (χ2n) is 3.71. The van der Waals surface area contributed by atoms with Gasteiger partial charge in [0.2, 0.25) is 11.9 Å². The summed E-state index contributed by atoms with van der Waals surface area (Å²) in [6.07, 6.45) is 0. The van der Waals surface area contributed by atoms with Crippen molar-refractivity contribution in [2.24, 2.45) is 0 Å². The first-order chi connectivity index (χ1) is 8.55. The molecule has 100 valence electrons. The highest BCUT2D eigenvalue weighted by molar-refractivity contribution is 5.80. The molecule has 18 heavy (non-hydrogen) atoms. The Morgan fingerprint density at radius 3 is 2.17 bits per heavy atom. The van der Waals surface area contributed by atoms with Crippen molar-refractivity contribution in [1.82, 2.24) is 20.3 Å². The van der Waals surface area contributed by atoms with Crippen LogP contribution in [0, 0.1) is 0 Å². The van der Waals surface area contributed by atoms with E-state index in [0.29, 0.717) is 0 Å².